The summed E-state index contributed by atoms with van der Waals surface area (Å²) in [5.74, 6) is 5.28. The first-order valence-corrected chi connectivity index (χ1v) is 6.66. The van der Waals surface area contributed by atoms with Crippen LogP contribution in [0.5, 0.6) is 0 Å². The van der Waals surface area contributed by atoms with Gasteiger partial charge in [-0.3, -0.25) is 5.43 Å². The van der Waals surface area contributed by atoms with E-state index in [1.165, 1.54) is 0 Å². The van der Waals surface area contributed by atoms with Crippen LogP contribution in [0.15, 0.2) is 21.8 Å². The highest BCUT2D eigenvalue weighted by atomic mass is 32.2. The molecule has 2 rings (SSSR count). The lowest BCUT2D eigenvalue weighted by atomic mass is 10.3. The molecule has 0 aliphatic heterocycles. The van der Waals surface area contributed by atoms with E-state index < -0.39 is 10.0 Å². The summed E-state index contributed by atoms with van der Waals surface area (Å²) in [4.78, 5) is 7.33. The Balaban J connectivity index is 2.29. The number of anilines is 2. The SMILES string of the molecule is Cc1noc(NS(=O)(=O)c2cnc(NN)nc2)c1C. The lowest BCUT2D eigenvalue weighted by molar-refractivity contribution is 0.430. The molecule has 0 aliphatic rings. The number of hydrogen-bond donors (Lipinski definition) is 3. The Hall–Kier alpha value is -2.20. The van der Waals surface area contributed by atoms with Gasteiger partial charge in [0.2, 0.25) is 11.8 Å². The summed E-state index contributed by atoms with van der Waals surface area (Å²) in [5.41, 5.74) is 3.43. The summed E-state index contributed by atoms with van der Waals surface area (Å²) in [6, 6.07) is 0. The van der Waals surface area contributed by atoms with Crippen LogP contribution in [-0.2, 0) is 10.0 Å². The van der Waals surface area contributed by atoms with Crippen molar-refractivity contribution in [1.82, 2.24) is 15.1 Å². The number of rotatable bonds is 4. The van der Waals surface area contributed by atoms with Crippen molar-refractivity contribution in [2.45, 2.75) is 18.7 Å². The smallest absolute Gasteiger partial charge is 0.267 e. The molecule has 0 spiro atoms. The van der Waals surface area contributed by atoms with Crippen molar-refractivity contribution >= 4 is 21.9 Å². The van der Waals surface area contributed by atoms with Gasteiger partial charge in [-0.2, -0.15) is 0 Å². The van der Waals surface area contributed by atoms with Gasteiger partial charge in [-0.25, -0.2) is 29.0 Å². The molecule has 10 heteroatoms. The molecule has 0 saturated heterocycles. The number of nitrogens with zero attached hydrogens (tertiary/aromatic N) is 3. The van der Waals surface area contributed by atoms with Crippen LogP contribution in [0.1, 0.15) is 11.3 Å². The van der Waals surface area contributed by atoms with Crippen LogP contribution in [0.25, 0.3) is 0 Å². The summed E-state index contributed by atoms with van der Waals surface area (Å²) in [6.45, 7) is 3.41. The van der Waals surface area contributed by atoms with Crippen molar-refractivity contribution in [1.29, 1.82) is 0 Å². The molecule has 102 valence electrons. The zero-order valence-electron chi connectivity index (χ0n) is 10.2. The molecule has 4 N–H and O–H groups in total. The predicted octanol–water partition coefficient (Wildman–Crippen LogP) is 0.168. The molecule has 0 aliphatic carbocycles. The fourth-order valence-corrected chi connectivity index (χ4v) is 2.16. The molecule has 0 fully saturated rings. The topological polar surface area (TPSA) is 136 Å². The van der Waals surface area contributed by atoms with Crippen molar-refractivity contribution in [3.05, 3.63) is 23.7 Å². The molecular formula is C9H12N6O3S. The van der Waals surface area contributed by atoms with Gasteiger partial charge in [0.1, 0.15) is 4.90 Å². The molecule has 0 saturated carbocycles. The van der Waals surface area contributed by atoms with Crippen molar-refractivity contribution in [3.8, 4) is 0 Å². The fraction of sp³-hybridized carbons (Fsp3) is 0.222. The molecule has 9 nitrogen and oxygen atoms in total. The molecule has 0 bridgehead atoms. The van der Waals surface area contributed by atoms with E-state index >= 15 is 0 Å². The van der Waals surface area contributed by atoms with Crippen LogP contribution in [0.3, 0.4) is 0 Å². The van der Waals surface area contributed by atoms with Gasteiger partial charge in [-0.05, 0) is 13.8 Å². The predicted molar refractivity (Wildman–Crippen MR) is 66.6 cm³/mol. The summed E-state index contributed by atoms with van der Waals surface area (Å²) < 4.78 is 31.2. The zero-order chi connectivity index (χ0) is 14.0. The minimum absolute atomic E-state index is 0.0681. The fourth-order valence-electron chi connectivity index (χ4n) is 1.22. The second-order valence-electron chi connectivity index (χ2n) is 3.71. The van der Waals surface area contributed by atoms with Gasteiger partial charge in [-0.1, -0.05) is 5.16 Å². The van der Waals surface area contributed by atoms with Crippen LogP contribution < -0.4 is 16.0 Å². The average Bonchev–Trinajstić information content (AvgIpc) is 2.70. The highest BCUT2D eigenvalue weighted by molar-refractivity contribution is 7.92. The second kappa shape index (κ2) is 4.82. The first kappa shape index (κ1) is 13.2. The van der Waals surface area contributed by atoms with Gasteiger partial charge in [0.15, 0.2) is 0 Å². The first-order chi connectivity index (χ1) is 8.94. The van der Waals surface area contributed by atoms with Gasteiger partial charge < -0.3 is 4.52 Å². The lowest BCUT2D eigenvalue weighted by Crippen LogP contribution is -2.15. The minimum Gasteiger partial charge on any atom is -0.337 e. The monoisotopic (exact) mass is 284 g/mol. The Morgan fingerprint density at radius 3 is 2.37 bits per heavy atom. The maximum atomic E-state index is 12.0. The third-order valence-corrected chi connectivity index (χ3v) is 3.74. The molecule has 2 aromatic heterocycles. The number of hydrogen-bond acceptors (Lipinski definition) is 8. The first-order valence-electron chi connectivity index (χ1n) is 5.18. The number of hydrazine groups is 1. The average molecular weight is 284 g/mol. The lowest BCUT2D eigenvalue weighted by Gasteiger charge is -2.05. The van der Waals surface area contributed by atoms with Crippen molar-refractivity contribution < 1.29 is 12.9 Å². The third kappa shape index (κ3) is 2.63. The number of nitrogens with one attached hydrogen (secondary N) is 2. The van der Waals surface area contributed by atoms with Crippen molar-refractivity contribution in [2.75, 3.05) is 10.1 Å². The molecular weight excluding hydrogens is 272 g/mol. The molecule has 0 aromatic carbocycles. The van der Waals surface area contributed by atoms with Crippen LogP contribution in [0.4, 0.5) is 11.8 Å². The van der Waals surface area contributed by atoms with Gasteiger partial charge in [0.05, 0.1) is 18.1 Å². The maximum Gasteiger partial charge on any atom is 0.267 e. The molecule has 0 radical (unpaired) electrons. The van der Waals surface area contributed by atoms with Crippen LogP contribution >= 0.6 is 0 Å². The quantitative estimate of drug-likeness (QED) is 0.533. The van der Waals surface area contributed by atoms with Crippen LogP contribution in [0, 0.1) is 13.8 Å². The molecule has 0 unspecified atom stereocenters. The van der Waals surface area contributed by atoms with Crippen LogP contribution in [0.2, 0.25) is 0 Å². The third-order valence-electron chi connectivity index (χ3n) is 2.45. The highest BCUT2D eigenvalue weighted by Crippen LogP contribution is 2.21. The number of aromatic nitrogens is 3. The second-order valence-corrected chi connectivity index (χ2v) is 5.40. The van der Waals surface area contributed by atoms with E-state index in [9.17, 15) is 8.42 Å². The van der Waals surface area contributed by atoms with E-state index in [0.29, 0.717) is 11.3 Å². The van der Waals surface area contributed by atoms with Gasteiger partial charge >= 0.3 is 0 Å². The molecule has 2 aromatic rings. The Kier molecular flexibility index (Phi) is 3.36. The summed E-state index contributed by atoms with van der Waals surface area (Å²) in [7, 11) is -3.82. The summed E-state index contributed by atoms with van der Waals surface area (Å²) >= 11 is 0. The molecule has 0 atom stereocenters. The molecule has 0 amide bonds. The van der Waals surface area contributed by atoms with E-state index in [1.54, 1.807) is 13.8 Å². The number of nitrogen functional groups attached to an aromatic ring is 1. The Bertz CT molecular complexity index is 678. The molecule has 19 heavy (non-hydrogen) atoms. The maximum absolute atomic E-state index is 12.0. The van der Waals surface area contributed by atoms with Gasteiger partial charge in [-0.15, -0.1) is 0 Å². The van der Waals surface area contributed by atoms with E-state index in [0.717, 1.165) is 12.4 Å². The Morgan fingerprint density at radius 1 is 1.26 bits per heavy atom. The number of sulfonamides is 1. The van der Waals surface area contributed by atoms with E-state index in [2.05, 4.69) is 25.3 Å². The van der Waals surface area contributed by atoms with E-state index in [1.807, 2.05) is 0 Å². The largest absolute Gasteiger partial charge is 0.337 e. The van der Waals surface area contributed by atoms with E-state index in [4.69, 9.17) is 10.4 Å². The summed E-state index contributed by atoms with van der Waals surface area (Å²) in [6.07, 6.45) is 2.26. The number of nitrogens with two attached hydrogens (primary N) is 1. The van der Waals surface area contributed by atoms with E-state index in [-0.39, 0.29) is 16.7 Å². The highest BCUT2D eigenvalue weighted by Gasteiger charge is 2.19. The molecule has 2 heterocycles. The van der Waals surface area contributed by atoms with Gasteiger partial charge in [0, 0.05) is 5.56 Å². The Labute approximate surface area is 109 Å². The number of aryl methyl sites for hydroxylation is 1. The van der Waals surface area contributed by atoms with Crippen molar-refractivity contribution in [3.63, 3.8) is 0 Å². The normalized spacial score (nSPS) is 11.3. The summed E-state index contributed by atoms with van der Waals surface area (Å²) in [5, 5.41) is 3.66. The van der Waals surface area contributed by atoms with Crippen LogP contribution in [-0.4, -0.2) is 23.5 Å². The van der Waals surface area contributed by atoms with Crippen molar-refractivity contribution in [2.24, 2.45) is 5.84 Å². The minimum atomic E-state index is -3.82. The standard InChI is InChI=1S/C9H12N6O3S/c1-5-6(2)14-18-8(5)15-19(16,17)7-3-11-9(13-10)12-4-7/h3-4,15H,10H2,1-2H3,(H,11,12,13). The zero-order valence-corrected chi connectivity index (χ0v) is 11.0. The Morgan fingerprint density at radius 2 is 1.89 bits per heavy atom. The van der Waals surface area contributed by atoms with Gasteiger partial charge in [0.25, 0.3) is 10.0 Å².